The second kappa shape index (κ2) is 6.22. The Kier molecular flexibility index (Phi) is 4.92. The first-order valence-corrected chi connectivity index (χ1v) is 6.03. The van der Waals surface area contributed by atoms with Gasteiger partial charge in [0.05, 0.1) is 6.04 Å². The predicted octanol–water partition coefficient (Wildman–Crippen LogP) is 2.03. The number of alkyl carbamates (subject to hydrolysis) is 1. The van der Waals surface area contributed by atoms with Gasteiger partial charge in [0.1, 0.15) is 17.6 Å². The van der Waals surface area contributed by atoms with E-state index in [0.29, 0.717) is 12.7 Å². The molecule has 0 aliphatic heterocycles. The molecule has 1 rings (SSSR count). The SMILES string of the molecule is CC(C)(C)OC(=O)NC(C=O)Cc1cccc(O)c1. The monoisotopic (exact) mass is 265 g/mol. The van der Waals surface area contributed by atoms with Gasteiger partial charge in [0.2, 0.25) is 0 Å². The zero-order valence-corrected chi connectivity index (χ0v) is 11.3. The summed E-state index contributed by atoms with van der Waals surface area (Å²) in [5.74, 6) is 0.124. The molecule has 5 nitrogen and oxygen atoms in total. The summed E-state index contributed by atoms with van der Waals surface area (Å²) in [5, 5.41) is 11.8. The molecule has 1 unspecified atom stereocenters. The number of phenolic OH excluding ortho intramolecular Hbond substituents is 1. The number of aromatic hydroxyl groups is 1. The van der Waals surface area contributed by atoms with Crippen molar-refractivity contribution in [3.05, 3.63) is 29.8 Å². The standard InChI is InChI=1S/C14H19NO4/c1-14(2,3)19-13(18)15-11(9-16)7-10-5-4-6-12(17)8-10/h4-6,8-9,11,17H,7H2,1-3H3,(H,15,18). The molecule has 1 amide bonds. The Labute approximate surface area is 112 Å². The third kappa shape index (κ3) is 5.90. The van der Waals surface area contributed by atoms with Crippen molar-refractivity contribution in [2.75, 3.05) is 0 Å². The average molecular weight is 265 g/mol. The summed E-state index contributed by atoms with van der Waals surface area (Å²) in [6, 6.07) is 5.86. The number of nitrogens with one attached hydrogen (secondary N) is 1. The molecule has 2 N–H and O–H groups in total. The number of ether oxygens (including phenoxy) is 1. The van der Waals surface area contributed by atoms with Gasteiger partial charge in [0.25, 0.3) is 0 Å². The number of amides is 1. The molecule has 0 radical (unpaired) electrons. The second-order valence-electron chi connectivity index (χ2n) is 5.26. The minimum Gasteiger partial charge on any atom is -0.508 e. The molecular formula is C14H19NO4. The topological polar surface area (TPSA) is 75.6 Å². The molecule has 0 fully saturated rings. The first-order chi connectivity index (χ1) is 8.80. The lowest BCUT2D eigenvalue weighted by molar-refractivity contribution is -0.109. The molecule has 0 aromatic heterocycles. The molecule has 5 heteroatoms. The number of benzene rings is 1. The van der Waals surface area contributed by atoms with Crippen molar-refractivity contribution < 1.29 is 19.4 Å². The van der Waals surface area contributed by atoms with Crippen LogP contribution in [0.4, 0.5) is 4.79 Å². The lowest BCUT2D eigenvalue weighted by atomic mass is 10.1. The van der Waals surface area contributed by atoms with Gasteiger partial charge in [0, 0.05) is 0 Å². The van der Waals surface area contributed by atoms with Gasteiger partial charge in [-0.1, -0.05) is 12.1 Å². The quantitative estimate of drug-likeness (QED) is 0.817. The Balaban J connectivity index is 2.59. The van der Waals surface area contributed by atoms with Crippen LogP contribution in [-0.2, 0) is 16.0 Å². The summed E-state index contributed by atoms with van der Waals surface area (Å²) < 4.78 is 5.07. The van der Waals surface area contributed by atoms with Gasteiger partial charge in [-0.2, -0.15) is 0 Å². The van der Waals surface area contributed by atoms with E-state index < -0.39 is 17.7 Å². The maximum Gasteiger partial charge on any atom is 0.408 e. The predicted molar refractivity (Wildman–Crippen MR) is 71.0 cm³/mol. The van der Waals surface area contributed by atoms with Crippen LogP contribution in [0.3, 0.4) is 0 Å². The van der Waals surface area contributed by atoms with Gasteiger partial charge in [-0.15, -0.1) is 0 Å². The summed E-state index contributed by atoms with van der Waals surface area (Å²) in [7, 11) is 0. The molecule has 0 saturated carbocycles. The van der Waals surface area contributed by atoms with Gasteiger partial charge in [-0.25, -0.2) is 4.79 Å². The second-order valence-corrected chi connectivity index (χ2v) is 5.26. The molecule has 1 aromatic rings. The zero-order chi connectivity index (χ0) is 14.5. The van der Waals surface area contributed by atoms with Crippen molar-refractivity contribution in [3.8, 4) is 5.75 Å². The normalized spacial score (nSPS) is 12.6. The average Bonchev–Trinajstić information content (AvgIpc) is 2.25. The molecule has 0 aliphatic carbocycles. The fraction of sp³-hybridized carbons (Fsp3) is 0.429. The molecule has 0 saturated heterocycles. The Hall–Kier alpha value is -2.04. The third-order valence-corrected chi connectivity index (χ3v) is 2.23. The molecule has 0 heterocycles. The smallest absolute Gasteiger partial charge is 0.408 e. The summed E-state index contributed by atoms with van der Waals surface area (Å²) >= 11 is 0. The van der Waals surface area contributed by atoms with E-state index in [-0.39, 0.29) is 5.75 Å². The highest BCUT2D eigenvalue weighted by Gasteiger charge is 2.19. The molecule has 0 spiro atoms. The Morgan fingerprint density at radius 2 is 2.16 bits per heavy atom. The van der Waals surface area contributed by atoms with Crippen LogP contribution < -0.4 is 5.32 Å². The van der Waals surface area contributed by atoms with Crippen molar-refractivity contribution in [1.82, 2.24) is 5.32 Å². The van der Waals surface area contributed by atoms with Crippen LogP contribution in [0.15, 0.2) is 24.3 Å². The van der Waals surface area contributed by atoms with Crippen LogP contribution >= 0.6 is 0 Å². The molecule has 0 aliphatic rings. The number of hydrogen-bond donors (Lipinski definition) is 2. The van der Waals surface area contributed by atoms with Crippen LogP contribution in [-0.4, -0.2) is 29.1 Å². The first kappa shape index (κ1) is 15.0. The van der Waals surface area contributed by atoms with Gasteiger partial charge in [-0.3, -0.25) is 0 Å². The number of carbonyl (C=O) groups is 2. The van der Waals surface area contributed by atoms with Crippen LogP contribution in [0, 0.1) is 0 Å². The molecular weight excluding hydrogens is 246 g/mol. The lowest BCUT2D eigenvalue weighted by Gasteiger charge is -2.21. The Bertz CT molecular complexity index is 451. The Morgan fingerprint density at radius 3 is 2.68 bits per heavy atom. The van der Waals surface area contributed by atoms with Crippen LogP contribution in [0.5, 0.6) is 5.75 Å². The summed E-state index contributed by atoms with van der Waals surface area (Å²) in [5.41, 5.74) is 0.149. The molecule has 19 heavy (non-hydrogen) atoms. The molecule has 1 atom stereocenters. The summed E-state index contributed by atoms with van der Waals surface area (Å²) in [4.78, 5) is 22.5. The third-order valence-electron chi connectivity index (χ3n) is 2.23. The van der Waals surface area contributed by atoms with Gasteiger partial charge in [-0.05, 0) is 44.9 Å². The number of aldehydes is 1. The zero-order valence-electron chi connectivity index (χ0n) is 11.3. The van der Waals surface area contributed by atoms with E-state index in [1.54, 1.807) is 45.0 Å². The first-order valence-electron chi connectivity index (χ1n) is 6.03. The summed E-state index contributed by atoms with van der Waals surface area (Å²) in [6.07, 6.45) is 0.315. The van der Waals surface area contributed by atoms with Crippen LogP contribution in [0.2, 0.25) is 0 Å². The van der Waals surface area contributed by atoms with E-state index in [1.807, 2.05) is 0 Å². The van der Waals surface area contributed by atoms with Crippen LogP contribution in [0.25, 0.3) is 0 Å². The highest BCUT2D eigenvalue weighted by atomic mass is 16.6. The van der Waals surface area contributed by atoms with Crippen molar-refractivity contribution >= 4 is 12.4 Å². The largest absolute Gasteiger partial charge is 0.508 e. The van der Waals surface area contributed by atoms with E-state index in [2.05, 4.69) is 5.32 Å². The van der Waals surface area contributed by atoms with Crippen molar-refractivity contribution in [2.45, 2.75) is 38.8 Å². The molecule has 104 valence electrons. The van der Waals surface area contributed by atoms with Gasteiger partial charge >= 0.3 is 6.09 Å². The molecule has 1 aromatic carbocycles. The fourth-order valence-electron chi connectivity index (χ4n) is 1.53. The minimum atomic E-state index is -0.684. The maximum absolute atomic E-state index is 11.5. The van der Waals surface area contributed by atoms with E-state index in [1.165, 1.54) is 0 Å². The van der Waals surface area contributed by atoms with E-state index >= 15 is 0 Å². The number of rotatable bonds is 4. The molecule has 0 bridgehead atoms. The summed E-state index contributed by atoms with van der Waals surface area (Å²) in [6.45, 7) is 5.24. The number of carbonyl (C=O) groups excluding carboxylic acids is 2. The highest BCUT2D eigenvalue weighted by molar-refractivity contribution is 5.73. The number of phenols is 1. The Morgan fingerprint density at radius 1 is 1.47 bits per heavy atom. The van der Waals surface area contributed by atoms with Crippen molar-refractivity contribution in [2.24, 2.45) is 0 Å². The highest BCUT2D eigenvalue weighted by Crippen LogP contribution is 2.12. The maximum atomic E-state index is 11.5. The van der Waals surface area contributed by atoms with Crippen LogP contribution in [0.1, 0.15) is 26.3 Å². The fourth-order valence-corrected chi connectivity index (χ4v) is 1.53. The van der Waals surface area contributed by atoms with Gasteiger partial charge in [0.15, 0.2) is 0 Å². The lowest BCUT2D eigenvalue weighted by Crippen LogP contribution is -2.41. The number of hydrogen-bond acceptors (Lipinski definition) is 4. The van der Waals surface area contributed by atoms with E-state index in [4.69, 9.17) is 4.74 Å². The van der Waals surface area contributed by atoms with Crippen molar-refractivity contribution in [3.63, 3.8) is 0 Å². The van der Waals surface area contributed by atoms with Gasteiger partial charge < -0.3 is 20.0 Å². The minimum absolute atomic E-state index is 0.124. The van der Waals surface area contributed by atoms with E-state index in [9.17, 15) is 14.7 Å². The van der Waals surface area contributed by atoms with E-state index in [0.717, 1.165) is 5.56 Å². The van der Waals surface area contributed by atoms with Crippen molar-refractivity contribution in [1.29, 1.82) is 0 Å².